The molecular formula is C16H22N2O. The van der Waals surface area contributed by atoms with E-state index < -0.39 is 0 Å². The fourth-order valence-electron chi connectivity index (χ4n) is 3.36. The molecular weight excluding hydrogens is 236 g/mol. The van der Waals surface area contributed by atoms with Crippen molar-refractivity contribution < 1.29 is 4.79 Å². The number of likely N-dealkylation sites (tertiary alicyclic amines) is 1. The molecule has 1 amide bonds. The van der Waals surface area contributed by atoms with E-state index >= 15 is 0 Å². The molecule has 1 saturated heterocycles. The third-order valence-electron chi connectivity index (χ3n) is 4.73. The molecule has 102 valence electrons. The molecule has 19 heavy (non-hydrogen) atoms. The van der Waals surface area contributed by atoms with Crippen LogP contribution in [0.1, 0.15) is 44.6 Å². The van der Waals surface area contributed by atoms with Gasteiger partial charge in [0.05, 0.1) is 5.41 Å². The molecule has 3 rings (SSSR count). The summed E-state index contributed by atoms with van der Waals surface area (Å²) in [6, 6.07) is 8.32. The molecule has 1 atom stereocenters. The highest BCUT2D eigenvalue weighted by molar-refractivity contribution is 5.91. The summed E-state index contributed by atoms with van der Waals surface area (Å²) in [6.45, 7) is 3.12. The minimum atomic E-state index is -0.231. The van der Waals surface area contributed by atoms with Crippen LogP contribution < -0.4 is 5.73 Å². The van der Waals surface area contributed by atoms with Gasteiger partial charge >= 0.3 is 0 Å². The number of nitrogens with two attached hydrogens (primary N) is 1. The van der Waals surface area contributed by atoms with Crippen LogP contribution in [0.4, 0.5) is 5.69 Å². The van der Waals surface area contributed by atoms with Crippen LogP contribution in [-0.2, 0) is 10.2 Å². The maximum atomic E-state index is 12.9. The number of nitrogen functional groups attached to an aromatic ring is 1. The van der Waals surface area contributed by atoms with Crippen molar-refractivity contribution in [1.29, 1.82) is 0 Å². The Balaban J connectivity index is 1.84. The summed E-state index contributed by atoms with van der Waals surface area (Å²) in [6.07, 6.45) is 5.37. The quantitative estimate of drug-likeness (QED) is 0.847. The van der Waals surface area contributed by atoms with Gasteiger partial charge in [-0.3, -0.25) is 4.79 Å². The normalized spacial score (nSPS) is 24.5. The SMILES string of the molecule is CCC1CCCN1C(=O)C1(c2ccc(N)cc2)CC1. The zero-order valence-electron chi connectivity index (χ0n) is 11.6. The lowest BCUT2D eigenvalue weighted by atomic mass is 9.93. The Morgan fingerprint density at radius 3 is 2.63 bits per heavy atom. The molecule has 1 aromatic carbocycles. The minimum Gasteiger partial charge on any atom is -0.399 e. The topological polar surface area (TPSA) is 46.3 Å². The Bertz CT molecular complexity index is 476. The van der Waals surface area contributed by atoms with Gasteiger partial charge in [-0.25, -0.2) is 0 Å². The van der Waals surface area contributed by atoms with Crippen molar-refractivity contribution in [3.63, 3.8) is 0 Å². The van der Waals surface area contributed by atoms with Gasteiger partial charge in [-0.15, -0.1) is 0 Å². The molecule has 1 aliphatic carbocycles. The lowest BCUT2D eigenvalue weighted by Gasteiger charge is -2.28. The lowest BCUT2D eigenvalue weighted by molar-refractivity contribution is -0.134. The number of carbonyl (C=O) groups excluding carboxylic acids is 1. The van der Waals surface area contributed by atoms with E-state index in [1.54, 1.807) is 0 Å². The molecule has 2 fully saturated rings. The summed E-state index contributed by atoms with van der Waals surface area (Å²) in [5, 5.41) is 0. The Morgan fingerprint density at radius 2 is 2.05 bits per heavy atom. The maximum absolute atomic E-state index is 12.9. The van der Waals surface area contributed by atoms with Crippen molar-refractivity contribution in [3.8, 4) is 0 Å². The Kier molecular flexibility index (Phi) is 3.00. The van der Waals surface area contributed by atoms with Crippen molar-refractivity contribution in [3.05, 3.63) is 29.8 Å². The highest BCUT2D eigenvalue weighted by atomic mass is 16.2. The second-order valence-electron chi connectivity index (χ2n) is 5.91. The van der Waals surface area contributed by atoms with Crippen molar-refractivity contribution in [2.75, 3.05) is 12.3 Å². The molecule has 0 spiro atoms. The number of amides is 1. The van der Waals surface area contributed by atoms with Crippen LogP contribution in [0.3, 0.4) is 0 Å². The van der Waals surface area contributed by atoms with Crippen LogP contribution in [-0.4, -0.2) is 23.4 Å². The molecule has 1 aliphatic heterocycles. The van der Waals surface area contributed by atoms with Gasteiger partial charge in [0, 0.05) is 18.3 Å². The van der Waals surface area contributed by atoms with E-state index in [0.29, 0.717) is 11.9 Å². The average Bonchev–Trinajstić information content (AvgIpc) is 3.09. The van der Waals surface area contributed by atoms with Gasteiger partial charge < -0.3 is 10.6 Å². The first-order valence-electron chi connectivity index (χ1n) is 7.34. The third kappa shape index (κ3) is 2.01. The van der Waals surface area contributed by atoms with E-state index in [9.17, 15) is 4.79 Å². The zero-order chi connectivity index (χ0) is 13.5. The van der Waals surface area contributed by atoms with Gasteiger partial charge in [0.2, 0.25) is 5.91 Å². The fourth-order valence-corrected chi connectivity index (χ4v) is 3.36. The van der Waals surface area contributed by atoms with Gasteiger partial charge in [0.25, 0.3) is 0 Å². The summed E-state index contributed by atoms with van der Waals surface area (Å²) < 4.78 is 0. The number of carbonyl (C=O) groups is 1. The van der Waals surface area contributed by atoms with Crippen molar-refractivity contribution >= 4 is 11.6 Å². The minimum absolute atomic E-state index is 0.231. The van der Waals surface area contributed by atoms with Gasteiger partial charge in [0.15, 0.2) is 0 Å². The van der Waals surface area contributed by atoms with Crippen molar-refractivity contribution in [2.24, 2.45) is 0 Å². The van der Waals surface area contributed by atoms with Crippen LogP contribution in [0.15, 0.2) is 24.3 Å². The van der Waals surface area contributed by atoms with E-state index in [4.69, 9.17) is 5.73 Å². The van der Waals surface area contributed by atoms with Gasteiger partial charge in [-0.1, -0.05) is 19.1 Å². The number of rotatable bonds is 3. The predicted molar refractivity (Wildman–Crippen MR) is 76.8 cm³/mol. The van der Waals surface area contributed by atoms with E-state index in [1.807, 2.05) is 24.3 Å². The zero-order valence-corrected chi connectivity index (χ0v) is 11.6. The van der Waals surface area contributed by atoms with E-state index in [0.717, 1.165) is 43.5 Å². The van der Waals surface area contributed by atoms with Crippen LogP contribution in [0.2, 0.25) is 0 Å². The van der Waals surface area contributed by atoms with Crippen molar-refractivity contribution in [2.45, 2.75) is 50.5 Å². The molecule has 3 nitrogen and oxygen atoms in total. The summed E-state index contributed by atoms with van der Waals surface area (Å²) in [5.74, 6) is 0.349. The highest BCUT2D eigenvalue weighted by Crippen LogP contribution is 2.50. The monoisotopic (exact) mass is 258 g/mol. The van der Waals surface area contributed by atoms with Crippen molar-refractivity contribution in [1.82, 2.24) is 4.90 Å². The number of nitrogens with zero attached hydrogens (tertiary/aromatic N) is 1. The van der Waals surface area contributed by atoms with E-state index in [1.165, 1.54) is 6.42 Å². The van der Waals surface area contributed by atoms with E-state index in [2.05, 4.69) is 11.8 Å². The number of hydrogen-bond acceptors (Lipinski definition) is 2. The lowest BCUT2D eigenvalue weighted by Crippen LogP contribution is -2.42. The highest BCUT2D eigenvalue weighted by Gasteiger charge is 2.54. The Hall–Kier alpha value is -1.51. The fraction of sp³-hybridized carbons (Fsp3) is 0.562. The first kappa shape index (κ1) is 12.5. The molecule has 1 saturated carbocycles. The number of hydrogen-bond donors (Lipinski definition) is 1. The van der Waals surface area contributed by atoms with Crippen LogP contribution in [0.5, 0.6) is 0 Å². The first-order chi connectivity index (χ1) is 9.17. The molecule has 1 heterocycles. The molecule has 2 N–H and O–H groups in total. The summed E-state index contributed by atoms with van der Waals surface area (Å²) in [4.78, 5) is 15.0. The van der Waals surface area contributed by atoms with Gasteiger partial charge in [0.1, 0.15) is 0 Å². The van der Waals surface area contributed by atoms with Gasteiger partial charge in [-0.05, 0) is 49.8 Å². The Labute approximate surface area is 114 Å². The molecule has 1 unspecified atom stereocenters. The molecule has 0 radical (unpaired) electrons. The maximum Gasteiger partial charge on any atom is 0.233 e. The second-order valence-corrected chi connectivity index (χ2v) is 5.91. The standard InChI is InChI=1S/C16H22N2O/c1-2-14-4-3-11-18(14)15(19)16(9-10-16)12-5-7-13(17)8-6-12/h5-8,14H,2-4,9-11,17H2,1H3. The molecule has 3 heteroatoms. The number of benzene rings is 1. The average molecular weight is 258 g/mol. The molecule has 2 aliphatic rings. The predicted octanol–water partition coefficient (Wildman–Crippen LogP) is 2.70. The largest absolute Gasteiger partial charge is 0.399 e. The summed E-state index contributed by atoms with van der Waals surface area (Å²) in [7, 11) is 0. The molecule has 1 aromatic rings. The summed E-state index contributed by atoms with van der Waals surface area (Å²) in [5.41, 5.74) is 7.42. The molecule has 0 bridgehead atoms. The van der Waals surface area contributed by atoms with E-state index in [-0.39, 0.29) is 5.41 Å². The van der Waals surface area contributed by atoms with Crippen LogP contribution in [0.25, 0.3) is 0 Å². The number of anilines is 1. The summed E-state index contributed by atoms with van der Waals surface area (Å²) >= 11 is 0. The van der Waals surface area contributed by atoms with Gasteiger partial charge in [-0.2, -0.15) is 0 Å². The first-order valence-corrected chi connectivity index (χ1v) is 7.34. The third-order valence-corrected chi connectivity index (χ3v) is 4.73. The molecule has 0 aromatic heterocycles. The second kappa shape index (κ2) is 4.55. The van der Waals surface area contributed by atoms with Crippen LogP contribution >= 0.6 is 0 Å². The van der Waals surface area contributed by atoms with Crippen LogP contribution in [0, 0.1) is 0 Å². The smallest absolute Gasteiger partial charge is 0.233 e. The Morgan fingerprint density at radius 1 is 1.37 bits per heavy atom.